The van der Waals surface area contributed by atoms with Gasteiger partial charge in [-0.05, 0) is 31.9 Å². The summed E-state index contributed by atoms with van der Waals surface area (Å²) < 4.78 is 27.1. The highest BCUT2D eigenvalue weighted by molar-refractivity contribution is 7.89. The van der Waals surface area contributed by atoms with Crippen LogP contribution in [-0.2, 0) is 10.0 Å². The van der Waals surface area contributed by atoms with Gasteiger partial charge in [-0.15, -0.1) is 0 Å². The average molecular weight is 302 g/mol. The van der Waals surface area contributed by atoms with E-state index in [4.69, 9.17) is 11.6 Å². The number of benzene rings is 1. The third kappa shape index (κ3) is 5.35. The van der Waals surface area contributed by atoms with Crippen LogP contribution in [0.1, 0.15) is 31.7 Å². The van der Waals surface area contributed by atoms with Gasteiger partial charge in [-0.1, -0.05) is 49.2 Å². The molecule has 1 atom stereocenters. The van der Waals surface area contributed by atoms with Crippen LogP contribution in [0.3, 0.4) is 0 Å². The van der Waals surface area contributed by atoms with Crippen LogP contribution in [0.25, 0.3) is 0 Å². The summed E-state index contributed by atoms with van der Waals surface area (Å²) in [4.78, 5) is 0.277. The van der Waals surface area contributed by atoms with Crippen LogP contribution in [0, 0.1) is 6.92 Å². The van der Waals surface area contributed by atoms with E-state index in [0.29, 0.717) is 11.5 Å². The molecule has 0 aliphatic carbocycles. The van der Waals surface area contributed by atoms with E-state index >= 15 is 0 Å². The highest BCUT2D eigenvalue weighted by Crippen LogP contribution is 2.16. The van der Waals surface area contributed by atoms with Gasteiger partial charge in [0.1, 0.15) is 0 Å². The molecule has 0 saturated carbocycles. The lowest BCUT2D eigenvalue weighted by atomic mass is 10.1. The summed E-state index contributed by atoms with van der Waals surface area (Å²) in [5, 5.41) is 0.463. The van der Waals surface area contributed by atoms with Gasteiger partial charge in [-0.3, -0.25) is 0 Å². The smallest absolute Gasteiger partial charge is 0.208 e. The van der Waals surface area contributed by atoms with Crippen molar-refractivity contribution in [3.63, 3.8) is 0 Å². The average Bonchev–Trinajstić information content (AvgIpc) is 2.28. The Labute approximate surface area is 120 Å². The van der Waals surface area contributed by atoms with E-state index in [9.17, 15) is 8.42 Å². The fraction of sp³-hybridized carbons (Fsp3) is 0.429. The highest BCUT2D eigenvalue weighted by atomic mass is 35.5. The Balaban J connectivity index is 2.87. The van der Waals surface area contributed by atoms with Crippen LogP contribution in [-0.4, -0.2) is 14.5 Å². The fourth-order valence-corrected chi connectivity index (χ4v) is 3.28. The van der Waals surface area contributed by atoms with Gasteiger partial charge < -0.3 is 0 Å². The molecule has 5 heteroatoms. The van der Waals surface area contributed by atoms with Crippen LogP contribution < -0.4 is 4.72 Å². The van der Waals surface area contributed by atoms with Crippen LogP contribution in [0.2, 0.25) is 0 Å². The summed E-state index contributed by atoms with van der Waals surface area (Å²) >= 11 is 5.77. The zero-order valence-corrected chi connectivity index (χ0v) is 12.9. The van der Waals surface area contributed by atoms with Gasteiger partial charge in [-0.25, -0.2) is 13.1 Å². The topological polar surface area (TPSA) is 46.2 Å². The summed E-state index contributed by atoms with van der Waals surface area (Å²) in [5.41, 5.74) is 1.03. The Hall–Kier alpha value is -0.840. The molecule has 0 heterocycles. The Morgan fingerprint density at radius 3 is 2.42 bits per heavy atom. The second kappa shape index (κ2) is 7.08. The molecule has 0 spiro atoms. The van der Waals surface area contributed by atoms with Gasteiger partial charge >= 0.3 is 0 Å². The third-order valence-electron chi connectivity index (χ3n) is 2.76. The zero-order valence-electron chi connectivity index (χ0n) is 11.3. The molecule has 0 aromatic heterocycles. The zero-order chi connectivity index (χ0) is 14.5. The van der Waals surface area contributed by atoms with E-state index in [2.05, 4.69) is 11.3 Å². The number of hydrogen-bond acceptors (Lipinski definition) is 2. The van der Waals surface area contributed by atoms with Crippen molar-refractivity contribution in [2.75, 3.05) is 0 Å². The number of aryl methyl sites for hydroxylation is 1. The van der Waals surface area contributed by atoms with Gasteiger partial charge in [0.25, 0.3) is 0 Å². The van der Waals surface area contributed by atoms with E-state index in [1.54, 1.807) is 24.3 Å². The van der Waals surface area contributed by atoms with Crippen LogP contribution in [0.15, 0.2) is 40.8 Å². The fourth-order valence-electron chi connectivity index (χ4n) is 1.82. The maximum Gasteiger partial charge on any atom is 0.240 e. The third-order valence-corrected chi connectivity index (χ3v) is 4.45. The Kier molecular flexibility index (Phi) is 6.04. The first-order valence-electron chi connectivity index (χ1n) is 6.27. The second-order valence-corrected chi connectivity index (χ2v) is 6.89. The monoisotopic (exact) mass is 301 g/mol. The Bertz CT molecular complexity index is 523. The predicted molar refractivity (Wildman–Crippen MR) is 79.8 cm³/mol. The van der Waals surface area contributed by atoms with Gasteiger partial charge in [-0.2, -0.15) is 0 Å². The lowest BCUT2D eigenvalue weighted by Crippen LogP contribution is -2.34. The lowest BCUT2D eigenvalue weighted by Gasteiger charge is -2.17. The molecule has 106 valence electrons. The molecule has 0 bridgehead atoms. The Morgan fingerprint density at radius 2 is 1.95 bits per heavy atom. The molecule has 0 amide bonds. The van der Waals surface area contributed by atoms with Gasteiger partial charge in [0.2, 0.25) is 10.0 Å². The Morgan fingerprint density at radius 1 is 1.37 bits per heavy atom. The first-order chi connectivity index (χ1) is 8.85. The maximum atomic E-state index is 12.2. The van der Waals surface area contributed by atoms with Crippen LogP contribution in [0.5, 0.6) is 0 Å². The van der Waals surface area contributed by atoms with Crippen molar-refractivity contribution >= 4 is 21.6 Å². The van der Waals surface area contributed by atoms with Gasteiger partial charge in [0.15, 0.2) is 0 Å². The maximum absolute atomic E-state index is 12.2. The quantitative estimate of drug-likeness (QED) is 0.836. The molecule has 19 heavy (non-hydrogen) atoms. The first-order valence-corrected chi connectivity index (χ1v) is 8.13. The standard InChI is InChI=1S/C14H20ClNO2S/c1-4-5-13(10-12(3)15)16-19(17,18)14-8-6-11(2)7-9-14/h6-9,13,16H,3-5,10H2,1-2H3. The van der Waals surface area contributed by atoms with Crippen molar-refractivity contribution in [3.05, 3.63) is 41.4 Å². The lowest BCUT2D eigenvalue weighted by molar-refractivity contribution is 0.523. The number of rotatable bonds is 7. The number of halogens is 1. The van der Waals surface area contributed by atoms with E-state index in [0.717, 1.165) is 18.4 Å². The van der Waals surface area contributed by atoms with Crippen LogP contribution in [0.4, 0.5) is 0 Å². The van der Waals surface area contributed by atoms with Crippen molar-refractivity contribution in [1.82, 2.24) is 4.72 Å². The summed E-state index contributed by atoms with van der Waals surface area (Å²) in [5.74, 6) is 0. The first kappa shape index (κ1) is 16.2. The number of nitrogens with one attached hydrogen (secondary N) is 1. The molecule has 1 N–H and O–H groups in total. The SMILES string of the molecule is C=C(Cl)CC(CCC)NS(=O)(=O)c1ccc(C)cc1. The van der Waals surface area contributed by atoms with Crippen molar-refractivity contribution in [1.29, 1.82) is 0 Å². The van der Waals surface area contributed by atoms with E-state index in [1.807, 2.05) is 13.8 Å². The van der Waals surface area contributed by atoms with Crippen molar-refractivity contribution < 1.29 is 8.42 Å². The number of sulfonamides is 1. The summed E-state index contributed by atoms with van der Waals surface area (Å²) in [6.45, 7) is 7.54. The molecule has 1 rings (SSSR count). The molecular formula is C14H20ClNO2S. The van der Waals surface area contributed by atoms with Crippen molar-refractivity contribution in [2.45, 2.75) is 44.0 Å². The highest BCUT2D eigenvalue weighted by Gasteiger charge is 2.19. The van der Waals surface area contributed by atoms with Gasteiger partial charge in [0.05, 0.1) is 4.90 Å². The molecule has 3 nitrogen and oxygen atoms in total. The molecule has 1 aromatic rings. The summed E-state index contributed by atoms with van der Waals surface area (Å²) in [6.07, 6.45) is 2.06. The van der Waals surface area contributed by atoms with Crippen molar-refractivity contribution in [2.24, 2.45) is 0 Å². The minimum absolute atomic E-state index is 0.207. The second-order valence-electron chi connectivity index (χ2n) is 4.64. The predicted octanol–water partition coefficient (Wildman–Crippen LogP) is 3.58. The molecule has 0 aliphatic heterocycles. The van der Waals surface area contributed by atoms with Gasteiger partial charge in [0, 0.05) is 11.1 Å². The van der Waals surface area contributed by atoms with E-state index in [-0.39, 0.29) is 10.9 Å². The van der Waals surface area contributed by atoms with E-state index in [1.165, 1.54) is 0 Å². The van der Waals surface area contributed by atoms with E-state index < -0.39 is 10.0 Å². The molecule has 1 aromatic carbocycles. The normalized spacial score (nSPS) is 13.2. The molecule has 0 saturated heterocycles. The number of hydrogen-bond donors (Lipinski definition) is 1. The molecule has 0 radical (unpaired) electrons. The summed E-state index contributed by atoms with van der Waals surface area (Å²) in [7, 11) is -3.49. The molecule has 1 unspecified atom stereocenters. The molecule has 0 aliphatic rings. The minimum Gasteiger partial charge on any atom is -0.208 e. The van der Waals surface area contributed by atoms with Crippen molar-refractivity contribution in [3.8, 4) is 0 Å². The van der Waals surface area contributed by atoms with Crippen LogP contribution >= 0.6 is 11.6 Å². The largest absolute Gasteiger partial charge is 0.240 e. The minimum atomic E-state index is -3.49. The molecular weight excluding hydrogens is 282 g/mol. The molecule has 0 fully saturated rings. The summed E-state index contributed by atoms with van der Waals surface area (Å²) in [6, 6.07) is 6.57.